The third-order valence-corrected chi connectivity index (χ3v) is 13.4. The zero-order chi connectivity index (χ0) is 24.8. The molecule has 5 nitrogen and oxygen atoms in total. The third-order valence-electron chi connectivity index (χ3n) is 13.4. The molecule has 2 aliphatic heterocycles. The molecule has 7 rings (SSSR count). The standard InChI is InChI=1S/C30H42O5/c1-17-14-30(34-23(17)32)15-18(24(33)35-30)19-8-10-27(5)21-7-6-20-25(2,3)22(31)9-11-28(20)16-29(21,28)13-12-26(19,27)4/h9,11,14,18-22,24,31,33H,6-8,10,12-13,15-16H2,1-5H3/t18-,19-,20+,21+,22+,24-,26-,27+,28-,29+,30-/m1/s1. The molecule has 0 aromatic rings. The van der Waals surface area contributed by atoms with E-state index >= 15 is 0 Å². The highest BCUT2D eigenvalue weighted by molar-refractivity contribution is 5.90. The van der Waals surface area contributed by atoms with E-state index in [0.717, 1.165) is 6.42 Å². The normalized spacial score (nSPS) is 59.4. The van der Waals surface area contributed by atoms with E-state index in [4.69, 9.17) is 9.47 Å². The Hall–Kier alpha value is -1.17. The first-order valence-corrected chi connectivity index (χ1v) is 14.0. The lowest BCUT2D eigenvalue weighted by Gasteiger charge is -2.62. The Morgan fingerprint density at radius 1 is 0.971 bits per heavy atom. The SMILES string of the molecule is CC1=C[C@@]2(C[C@H]([C@H]3CC[C@@]4(C)[C@@H]5CC[C@H]6C(C)(C)[C@@H](O)C=C[C@@]67C[C@@]57CC[C@]34C)[C@H](O)O2)OC1=O. The number of hydrogen-bond acceptors (Lipinski definition) is 5. The van der Waals surface area contributed by atoms with Gasteiger partial charge >= 0.3 is 5.97 Å². The number of hydrogen-bond donors (Lipinski definition) is 2. The van der Waals surface area contributed by atoms with Crippen molar-refractivity contribution in [1.82, 2.24) is 0 Å². The van der Waals surface area contributed by atoms with Crippen LogP contribution in [0.15, 0.2) is 23.8 Å². The summed E-state index contributed by atoms with van der Waals surface area (Å²) in [4.78, 5) is 12.1. The van der Waals surface area contributed by atoms with E-state index in [1.165, 1.54) is 38.5 Å². The first-order chi connectivity index (χ1) is 16.3. The highest BCUT2D eigenvalue weighted by atomic mass is 16.8. The number of aliphatic hydroxyl groups excluding tert-OH is 2. The predicted octanol–water partition coefficient (Wildman–Crippen LogP) is 5.12. The summed E-state index contributed by atoms with van der Waals surface area (Å²) in [6.45, 7) is 11.4. The van der Waals surface area contributed by atoms with Crippen molar-refractivity contribution in [1.29, 1.82) is 0 Å². The van der Waals surface area contributed by atoms with E-state index in [2.05, 4.69) is 39.8 Å². The fourth-order valence-electron chi connectivity index (χ4n) is 11.4. The van der Waals surface area contributed by atoms with E-state index in [9.17, 15) is 15.0 Å². The van der Waals surface area contributed by atoms with E-state index in [1.54, 1.807) is 13.0 Å². The van der Waals surface area contributed by atoms with Gasteiger partial charge in [0.1, 0.15) is 0 Å². The summed E-state index contributed by atoms with van der Waals surface area (Å²) in [5.41, 5.74) is 1.51. The summed E-state index contributed by atoms with van der Waals surface area (Å²) >= 11 is 0. The van der Waals surface area contributed by atoms with Gasteiger partial charge in [-0.2, -0.15) is 0 Å². The maximum atomic E-state index is 12.1. The monoisotopic (exact) mass is 482 g/mol. The molecule has 7 aliphatic rings. The summed E-state index contributed by atoms with van der Waals surface area (Å²) in [7, 11) is 0. The van der Waals surface area contributed by atoms with Gasteiger partial charge in [-0.15, -0.1) is 0 Å². The molecule has 0 aromatic carbocycles. The van der Waals surface area contributed by atoms with Crippen LogP contribution >= 0.6 is 0 Å². The molecule has 4 saturated carbocycles. The topological polar surface area (TPSA) is 76.0 Å². The van der Waals surface area contributed by atoms with Crippen LogP contribution in [0.5, 0.6) is 0 Å². The maximum absolute atomic E-state index is 12.1. The third kappa shape index (κ3) is 2.45. The van der Waals surface area contributed by atoms with E-state index in [1.807, 2.05) is 0 Å². The number of rotatable bonds is 1. The molecule has 5 fully saturated rings. The molecule has 5 aliphatic carbocycles. The molecule has 0 aromatic heterocycles. The lowest BCUT2D eigenvalue weighted by Crippen LogP contribution is -2.57. The summed E-state index contributed by atoms with van der Waals surface area (Å²) in [6.07, 6.45) is 14.1. The quantitative estimate of drug-likeness (QED) is 0.401. The maximum Gasteiger partial charge on any atom is 0.336 e. The average molecular weight is 483 g/mol. The molecule has 0 bridgehead atoms. The van der Waals surface area contributed by atoms with Crippen molar-refractivity contribution in [3.8, 4) is 0 Å². The second-order valence-corrected chi connectivity index (χ2v) is 14.6. The molecular formula is C30H42O5. The molecular weight excluding hydrogens is 440 g/mol. The molecule has 0 amide bonds. The van der Waals surface area contributed by atoms with Crippen molar-refractivity contribution in [2.24, 2.45) is 50.7 Å². The summed E-state index contributed by atoms with van der Waals surface area (Å²) < 4.78 is 11.6. The molecule has 5 heteroatoms. The lowest BCUT2D eigenvalue weighted by molar-refractivity contribution is -0.226. The average Bonchev–Trinajstić information content (AvgIpc) is 3.08. The second kappa shape index (κ2) is 6.45. The van der Waals surface area contributed by atoms with Crippen LogP contribution in [0.2, 0.25) is 0 Å². The minimum absolute atomic E-state index is 0.0148. The summed E-state index contributed by atoms with van der Waals surface area (Å²) in [6, 6.07) is 0. The highest BCUT2D eigenvalue weighted by Gasteiger charge is 2.81. The molecule has 2 heterocycles. The van der Waals surface area contributed by atoms with Gasteiger partial charge in [-0.05, 0) is 103 Å². The van der Waals surface area contributed by atoms with E-state index in [-0.39, 0.29) is 39.7 Å². The number of ether oxygens (including phenoxy) is 2. The summed E-state index contributed by atoms with van der Waals surface area (Å²) in [5.74, 6) is 0.191. The number of esters is 1. The van der Waals surface area contributed by atoms with Crippen molar-refractivity contribution in [3.05, 3.63) is 23.8 Å². The zero-order valence-electron chi connectivity index (χ0n) is 22.0. The second-order valence-electron chi connectivity index (χ2n) is 14.6. The van der Waals surface area contributed by atoms with Crippen molar-refractivity contribution in [2.75, 3.05) is 0 Å². The Morgan fingerprint density at radius 3 is 2.43 bits per heavy atom. The smallest absolute Gasteiger partial charge is 0.336 e. The lowest BCUT2D eigenvalue weighted by atomic mass is 9.42. The zero-order valence-corrected chi connectivity index (χ0v) is 22.0. The molecule has 0 radical (unpaired) electrons. The van der Waals surface area contributed by atoms with Crippen LogP contribution in [0.25, 0.3) is 0 Å². The Bertz CT molecular complexity index is 1060. The van der Waals surface area contributed by atoms with Gasteiger partial charge in [-0.3, -0.25) is 0 Å². The Morgan fingerprint density at radius 2 is 1.71 bits per heavy atom. The van der Waals surface area contributed by atoms with Gasteiger partial charge in [0.05, 0.1) is 6.10 Å². The van der Waals surface area contributed by atoms with Gasteiger partial charge in [-0.1, -0.05) is 39.8 Å². The number of carbonyl (C=O) groups is 1. The number of allylic oxidation sites excluding steroid dienone is 1. The van der Waals surface area contributed by atoms with Gasteiger partial charge in [-0.25, -0.2) is 4.79 Å². The minimum atomic E-state index is -1.07. The molecule has 0 unspecified atom stereocenters. The fourth-order valence-corrected chi connectivity index (χ4v) is 11.4. The van der Waals surface area contributed by atoms with Crippen molar-refractivity contribution in [2.45, 2.75) is 104 Å². The molecule has 11 atom stereocenters. The number of carbonyl (C=O) groups excluding carboxylic acids is 1. The first kappa shape index (κ1) is 23.0. The molecule has 1 saturated heterocycles. The van der Waals surface area contributed by atoms with Gasteiger partial charge in [0, 0.05) is 17.9 Å². The van der Waals surface area contributed by atoms with Crippen LogP contribution in [0, 0.1) is 50.7 Å². The van der Waals surface area contributed by atoms with Gasteiger partial charge in [0.15, 0.2) is 6.29 Å². The van der Waals surface area contributed by atoms with Crippen molar-refractivity contribution < 1.29 is 24.5 Å². The Kier molecular flexibility index (Phi) is 4.23. The Balaban J connectivity index is 1.21. The van der Waals surface area contributed by atoms with Gasteiger partial charge < -0.3 is 19.7 Å². The molecule has 2 N–H and O–H groups in total. The van der Waals surface area contributed by atoms with E-state index < -0.39 is 12.1 Å². The van der Waals surface area contributed by atoms with Crippen LogP contribution in [0.4, 0.5) is 0 Å². The van der Waals surface area contributed by atoms with Gasteiger partial charge in [0.25, 0.3) is 0 Å². The fraction of sp³-hybridized carbons (Fsp3) is 0.833. The van der Waals surface area contributed by atoms with Crippen LogP contribution in [-0.2, 0) is 14.3 Å². The van der Waals surface area contributed by atoms with E-state index in [0.29, 0.717) is 35.2 Å². The number of aliphatic hydroxyl groups is 2. The van der Waals surface area contributed by atoms with Crippen molar-refractivity contribution in [3.63, 3.8) is 0 Å². The predicted molar refractivity (Wildman–Crippen MR) is 131 cm³/mol. The minimum Gasteiger partial charge on any atom is -0.426 e. The van der Waals surface area contributed by atoms with Crippen LogP contribution in [-0.4, -0.2) is 34.4 Å². The molecule has 192 valence electrons. The largest absolute Gasteiger partial charge is 0.426 e. The van der Waals surface area contributed by atoms with Crippen LogP contribution < -0.4 is 0 Å². The summed E-state index contributed by atoms with van der Waals surface area (Å²) in [5, 5.41) is 21.9. The molecule has 35 heavy (non-hydrogen) atoms. The Labute approximate surface area is 209 Å². The van der Waals surface area contributed by atoms with Crippen molar-refractivity contribution >= 4 is 5.97 Å². The number of fused-ring (bicyclic) bond motifs is 2. The first-order valence-electron chi connectivity index (χ1n) is 14.0. The molecule has 3 spiro atoms. The van der Waals surface area contributed by atoms with Gasteiger partial charge in [0.2, 0.25) is 5.79 Å². The van der Waals surface area contributed by atoms with Crippen LogP contribution in [0.1, 0.15) is 86.0 Å². The highest BCUT2D eigenvalue weighted by Crippen LogP contribution is 2.88. The van der Waals surface area contributed by atoms with Crippen LogP contribution in [0.3, 0.4) is 0 Å².